The molecule has 0 atom stereocenters. The van der Waals surface area contributed by atoms with Crippen molar-refractivity contribution in [3.8, 4) is 17.6 Å². The van der Waals surface area contributed by atoms with E-state index in [9.17, 15) is 10.1 Å². The Labute approximate surface area is 256 Å². The zero-order valence-electron chi connectivity index (χ0n) is 24.0. The number of nitriles is 1. The summed E-state index contributed by atoms with van der Waals surface area (Å²) in [5.41, 5.74) is 3.39. The molecule has 2 aromatic carbocycles. The average molecular weight is 597 g/mol. The van der Waals surface area contributed by atoms with Crippen LogP contribution in [0.1, 0.15) is 37.4 Å². The van der Waals surface area contributed by atoms with Crippen molar-refractivity contribution in [2.24, 2.45) is 0 Å². The summed E-state index contributed by atoms with van der Waals surface area (Å²) in [5, 5.41) is 17.2. The van der Waals surface area contributed by atoms with Gasteiger partial charge in [-0.15, -0.1) is 0 Å². The maximum Gasteiger partial charge on any atom is 0.248 e. The second-order valence-electron chi connectivity index (χ2n) is 10.1. The van der Waals surface area contributed by atoms with Gasteiger partial charge in [0, 0.05) is 42.2 Å². The molecule has 0 radical (unpaired) electrons. The van der Waals surface area contributed by atoms with Crippen LogP contribution in [0.25, 0.3) is 10.9 Å². The first-order valence-corrected chi connectivity index (χ1v) is 14.7. The van der Waals surface area contributed by atoms with Crippen molar-refractivity contribution >= 4 is 45.5 Å². The van der Waals surface area contributed by atoms with E-state index in [2.05, 4.69) is 31.6 Å². The summed E-state index contributed by atoms with van der Waals surface area (Å²) in [6.45, 7) is 5.42. The van der Waals surface area contributed by atoms with E-state index < -0.39 is 0 Å². The number of anilines is 3. The van der Waals surface area contributed by atoms with Crippen LogP contribution in [0.5, 0.6) is 11.5 Å². The summed E-state index contributed by atoms with van der Waals surface area (Å²) in [6.07, 6.45) is 10.3. The van der Waals surface area contributed by atoms with Gasteiger partial charge in [0.25, 0.3) is 0 Å². The minimum atomic E-state index is -0.260. The minimum absolute atomic E-state index is 0.260. The van der Waals surface area contributed by atoms with Crippen LogP contribution in [-0.2, 0) is 11.4 Å². The van der Waals surface area contributed by atoms with Crippen LogP contribution in [0.15, 0.2) is 73.1 Å². The van der Waals surface area contributed by atoms with E-state index >= 15 is 0 Å². The molecule has 5 rings (SSSR count). The summed E-state index contributed by atoms with van der Waals surface area (Å²) >= 11 is 6.55. The predicted octanol–water partition coefficient (Wildman–Crippen LogP) is 6.86. The lowest BCUT2D eigenvalue weighted by molar-refractivity contribution is -0.111. The summed E-state index contributed by atoms with van der Waals surface area (Å²) < 4.78 is 11.7. The zero-order valence-corrected chi connectivity index (χ0v) is 24.7. The second-order valence-corrected chi connectivity index (χ2v) is 10.5. The third-order valence-electron chi connectivity index (χ3n) is 7.03. The van der Waals surface area contributed by atoms with Crippen molar-refractivity contribution in [2.75, 3.05) is 36.9 Å². The quantitative estimate of drug-likeness (QED) is 0.181. The lowest BCUT2D eigenvalue weighted by Gasteiger charge is -2.24. The molecule has 10 heteroatoms. The van der Waals surface area contributed by atoms with E-state index in [1.165, 1.54) is 25.5 Å². The number of pyridine rings is 2. The molecule has 1 aliphatic heterocycles. The van der Waals surface area contributed by atoms with Crippen LogP contribution < -0.4 is 20.1 Å². The Hall–Kier alpha value is -4.65. The first-order valence-electron chi connectivity index (χ1n) is 14.3. The summed E-state index contributed by atoms with van der Waals surface area (Å²) in [5.74, 6) is 0.746. The van der Waals surface area contributed by atoms with Crippen LogP contribution in [-0.4, -0.2) is 47.0 Å². The molecule has 0 unspecified atom stereocenters. The van der Waals surface area contributed by atoms with Crippen molar-refractivity contribution in [3.05, 3.63) is 89.4 Å². The molecule has 3 heterocycles. The molecule has 220 valence electrons. The van der Waals surface area contributed by atoms with Crippen LogP contribution in [0, 0.1) is 11.3 Å². The van der Waals surface area contributed by atoms with Crippen LogP contribution in [0.4, 0.5) is 17.1 Å². The lowest BCUT2D eigenvalue weighted by Crippen LogP contribution is -2.29. The molecule has 0 saturated carbocycles. The fourth-order valence-corrected chi connectivity index (χ4v) is 5.15. The number of rotatable bonds is 11. The number of aromatic nitrogens is 2. The van der Waals surface area contributed by atoms with E-state index in [4.69, 9.17) is 21.1 Å². The molecule has 0 bridgehead atoms. The number of nitrogens with one attached hydrogen (secondary N) is 2. The standard InChI is InChI=1S/C33H33ClN6O3/c1-2-42-31-19-28-26(18-29(31)39-32(41)10-8-16-40-14-6-3-7-15-40)33(23(20-35)21-37-28)38-24-11-12-30(27(34)17-24)43-22-25-9-4-5-13-36-25/h4-5,8-13,17-19,21H,2-3,6-7,14-16,22H2,1H3,(H,37,38)(H,39,41)/b10-8+. The molecule has 2 N–H and O–H groups in total. The van der Waals surface area contributed by atoms with Gasteiger partial charge in [-0.2, -0.15) is 5.26 Å². The van der Waals surface area contributed by atoms with Crippen molar-refractivity contribution in [3.63, 3.8) is 0 Å². The van der Waals surface area contributed by atoms with Gasteiger partial charge >= 0.3 is 0 Å². The van der Waals surface area contributed by atoms with Crippen molar-refractivity contribution < 1.29 is 14.3 Å². The summed E-state index contributed by atoms with van der Waals surface area (Å²) in [4.78, 5) is 24.0. The van der Waals surface area contributed by atoms with E-state index in [1.807, 2.05) is 37.3 Å². The van der Waals surface area contributed by atoms with Gasteiger partial charge in [0.05, 0.1) is 39.8 Å². The lowest BCUT2D eigenvalue weighted by atomic mass is 10.1. The van der Waals surface area contributed by atoms with Crippen molar-refractivity contribution in [1.82, 2.24) is 14.9 Å². The minimum Gasteiger partial charge on any atom is -0.492 e. The normalized spacial score (nSPS) is 13.5. The van der Waals surface area contributed by atoms with Crippen molar-refractivity contribution in [1.29, 1.82) is 5.26 Å². The predicted molar refractivity (Wildman–Crippen MR) is 169 cm³/mol. The van der Waals surface area contributed by atoms with E-state index in [1.54, 1.807) is 36.5 Å². The van der Waals surface area contributed by atoms with Gasteiger partial charge in [0.2, 0.25) is 5.91 Å². The number of halogens is 1. The number of benzene rings is 2. The van der Waals surface area contributed by atoms with Gasteiger partial charge in [0.15, 0.2) is 0 Å². The molecule has 1 amide bonds. The first kappa shape index (κ1) is 29.8. The molecular formula is C33H33ClN6O3. The monoisotopic (exact) mass is 596 g/mol. The van der Waals surface area contributed by atoms with Gasteiger partial charge in [-0.05, 0) is 69.3 Å². The topological polar surface area (TPSA) is 112 Å². The highest BCUT2D eigenvalue weighted by Crippen LogP contribution is 2.37. The molecule has 2 aromatic heterocycles. The zero-order chi connectivity index (χ0) is 30.0. The highest BCUT2D eigenvalue weighted by atomic mass is 35.5. The number of carbonyl (C=O) groups excluding carboxylic acids is 1. The van der Waals surface area contributed by atoms with E-state index in [0.29, 0.717) is 56.7 Å². The number of amides is 1. The van der Waals surface area contributed by atoms with E-state index in [-0.39, 0.29) is 12.5 Å². The maximum atomic E-state index is 12.9. The molecule has 4 aromatic rings. The molecule has 0 aliphatic carbocycles. The molecular weight excluding hydrogens is 564 g/mol. The number of fused-ring (bicyclic) bond motifs is 1. The Bertz CT molecular complexity index is 1650. The van der Waals surface area contributed by atoms with E-state index in [0.717, 1.165) is 25.3 Å². The Balaban J connectivity index is 1.38. The van der Waals surface area contributed by atoms with Gasteiger partial charge in [0.1, 0.15) is 24.2 Å². The Morgan fingerprint density at radius 2 is 1.95 bits per heavy atom. The smallest absolute Gasteiger partial charge is 0.248 e. The van der Waals surface area contributed by atoms with Gasteiger partial charge in [-0.25, -0.2) is 0 Å². The fourth-order valence-electron chi connectivity index (χ4n) is 4.91. The summed E-state index contributed by atoms with van der Waals surface area (Å²) in [7, 11) is 0. The van der Waals surface area contributed by atoms with Gasteiger partial charge in [-0.1, -0.05) is 30.2 Å². The van der Waals surface area contributed by atoms with Crippen LogP contribution in [0.3, 0.4) is 0 Å². The Kier molecular flexibility index (Phi) is 10.1. The molecule has 43 heavy (non-hydrogen) atoms. The largest absolute Gasteiger partial charge is 0.492 e. The average Bonchev–Trinajstić information content (AvgIpc) is 3.02. The second kappa shape index (κ2) is 14.5. The van der Waals surface area contributed by atoms with Gasteiger partial charge in [-0.3, -0.25) is 19.7 Å². The molecule has 9 nitrogen and oxygen atoms in total. The SMILES string of the molecule is CCOc1cc2ncc(C#N)c(Nc3ccc(OCc4ccccn4)c(Cl)c3)c2cc1NC(=O)/C=C/CN1CCCCC1. The first-order chi connectivity index (χ1) is 21.0. The third kappa shape index (κ3) is 7.80. The third-order valence-corrected chi connectivity index (χ3v) is 7.33. The highest BCUT2D eigenvalue weighted by molar-refractivity contribution is 6.32. The number of likely N-dealkylation sites (tertiary alicyclic amines) is 1. The number of piperidine rings is 1. The molecule has 1 saturated heterocycles. The summed E-state index contributed by atoms with van der Waals surface area (Å²) in [6, 6.07) is 16.7. The van der Waals surface area contributed by atoms with Crippen molar-refractivity contribution in [2.45, 2.75) is 32.8 Å². The van der Waals surface area contributed by atoms with Crippen LogP contribution in [0.2, 0.25) is 5.02 Å². The number of carbonyl (C=O) groups is 1. The highest BCUT2D eigenvalue weighted by Gasteiger charge is 2.16. The fraction of sp³-hybridized carbons (Fsp3) is 0.273. The maximum absolute atomic E-state index is 12.9. The molecule has 1 aliphatic rings. The molecule has 0 spiro atoms. The number of ether oxygens (including phenoxy) is 2. The number of hydrogen-bond donors (Lipinski definition) is 2. The number of nitrogens with zero attached hydrogens (tertiary/aromatic N) is 4. The van der Waals surface area contributed by atoms with Crippen LogP contribution >= 0.6 is 11.6 Å². The van der Waals surface area contributed by atoms with Gasteiger partial charge < -0.3 is 20.1 Å². The Morgan fingerprint density at radius 3 is 2.70 bits per heavy atom. The molecule has 1 fully saturated rings. The number of hydrogen-bond acceptors (Lipinski definition) is 8. The Morgan fingerprint density at radius 1 is 1.09 bits per heavy atom.